The Balaban J connectivity index is 1.91. The fraction of sp³-hybridized carbons (Fsp3) is 0.833. The van der Waals surface area contributed by atoms with Crippen LogP contribution in [0.3, 0.4) is 0 Å². The second kappa shape index (κ2) is 8.06. The number of unbranched alkanes of at least 4 members (excludes halogenated alkanes) is 1. The lowest BCUT2D eigenvalue weighted by Crippen LogP contribution is -2.33. The maximum absolute atomic E-state index is 11.4. The third kappa shape index (κ3) is 6.94. The highest BCUT2D eigenvalue weighted by atomic mass is 16.4. The van der Waals surface area contributed by atoms with E-state index in [0.29, 0.717) is 25.8 Å². The molecule has 1 fully saturated rings. The van der Waals surface area contributed by atoms with Crippen LogP contribution in [0, 0.1) is 0 Å². The molecule has 5 heteroatoms. The van der Waals surface area contributed by atoms with Crippen LogP contribution in [0.25, 0.3) is 0 Å². The van der Waals surface area contributed by atoms with Crippen molar-refractivity contribution in [3.05, 3.63) is 0 Å². The molecule has 0 aromatic carbocycles. The summed E-state index contributed by atoms with van der Waals surface area (Å²) in [6.07, 6.45) is 4.36. The first-order chi connectivity index (χ1) is 8.18. The molecule has 2 N–H and O–H groups in total. The quantitative estimate of drug-likeness (QED) is 0.619. The summed E-state index contributed by atoms with van der Waals surface area (Å²) in [5, 5.41) is 11.3. The minimum atomic E-state index is -0.792. The van der Waals surface area contributed by atoms with Crippen molar-refractivity contribution in [1.29, 1.82) is 0 Å². The van der Waals surface area contributed by atoms with Gasteiger partial charge in [0.15, 0.2) is 0 Å². The van der Waals surface area contributed by atoms with Crippen molar-refractivity contribution in [3.63, 3.8) is 0 Å². The molecule has 0 atom stereocenters. The van der Waals surface area contributed by atoms with E-state index in [-0.39, 0.29) is 12.3 Å². The highest BCUT2D eigenvalue weighted by Gasteiger charge is 2.10. The van der Waals surface area contributed by atoms with E-state index >= 15 is 0 Å². The largest absolute Gasteiger partial charge is 0.481 e. The predicted molar refractivity (Wildman–Crippen MR) is 64.8 cm³/mol. The molecule has 0 radical (unpaired) electrons. The van der Waals surface area contributed by atoms with Gasteiger partial charge in [0.2, 0.25) is 5.91 Å². The zero-order chi connectivity index (χ0) is 12.5. The van der Waals surface area contributed by atoms with Gasteiger partial charge in [-0.25, -0.2) is 0 Å². The number of hydrogen-bond donors (Lipinski definition) is 2. The van der Waals surface area contributed by atoms with Gasteiger partial charge < -0.3 is 15.3 Å². The van der Waals surface area contributed by atoms with E-state index in [4.69, 9.17) is 5.11 Å². The van der Waals surface area contributed by atoms with E-state index in [1.165, 1.54) is 12.8 Å². The third-order valence-corrected chi connectivity index (χ3v) is 2.99. The molecule has 0 aliphatic carbocycles. The molecule has 1 rings (SSSR count). The SMILES string of the molecule is O=C(O)CCCCC(=O)NCCN1CCCC1. The van der Waals surface area contributed by atoms with Gasteiger partial charge in [-0.05, 0) is 38.8 Å². The summed E-state index contributed by atoms with van der Waals surface area (Å²) >= 11 is 0. The number of rotatable bonds is 8. The molecule has 0 unspecified atom stereocenters. The molecule has 0 bridgehead atoms. The zero-order valence-corrected chi connectivity index (χ0v) is 10.3. The van der Waals surface area contributed by atoms with Crippen molar-refractivity contribution in [2.24, 2.45) is 0 Å². The number of likely N-dealkylation sites (tertiary alicyclic amines) is 1. The lowest BCUT2D eigenvalue weighted by molar-refractivity contribution is -0.137. The fourth-order valence-electron chi connectivity index (χ4n) is 2.01. The number of carboxylic acid groups (broad SMARTS) is 1. The van der Waals surface area contributed by atoms with Crippen molar-refractivity contribution < 1.29 is 14.7 Å². The minimum Gasteiger partial charge on any atom is -0.481 e. The summed E-state index contributed by atoms with van der Waals surface area (Å²) < 4.78 is 0. The van der Waals surface area contributed by atoms with Crippen LogP contribution in [0.15, 0.2) is 0 Å². The Morgan fingerprint density at radius 1 is 1.12 bits per heavy atom. The molecule has 1 heterocycles. The van der Waals surface area contributed by atoms with Gasteiger partial charge >= 0.3 is 5.97 Å². The van der Waals surface area contributed by atoms with E-state index in [1.54, 1.807) is 0 Å². The van der Waals surface area contributed by atoms with Crippen LogP contribution in [-0.2, 0) is 9.59 Å². The van der Waals surface area contributed by atoms with Crippen molar-refractivity contribution in [2.45, 2.75) is 38.5 Å². The Labute approximate surface area is 102 Å². The Hall–Kier alpha value is -1.10. The standard InChI is InChI=1S/C12H22N2O3/c15-11(5-1-2-6-12(16)17)13-7-10-14-8-3-4-9-14/h1-10H2,(H,13,15)(H,16,17). The lowest BCUT2D eigenvalue weighted by atomic mass is 10.2. The van der Waals surface area contributed by atoms with Crippen LogP contribution in [0.2, 0.25) is 0 Å². The van der Waals surface area contributed by atoms with Gasteiger partial charge in [-0.2, -0.15) is 0 Å². The molecule has 1 aliphatic heterocycles. The number of carbonyl (C=O) groups excluding carboxylic acids is 1. The van der Waals surface area contributed by atoms with Gasteiger partial charge in [-0.15, -0.1) is 0 Å². The molecule has 5 nitrogen and oxygen atoms in total. The first-order valence-corrected chi connectivity index (χ1v) is 6.39. The Morgan fingerprint density at radius 2 is 1.76 bits per heavy atom. The van der Waals surface area contributed by atoms with E-state index in [2.05, 4.69) is 10.2 Å². The number of carboxylic acids is 1. The molecule has 98 valence electrons. The van der Waals surface area contributed by atoms with Gasteiger partial charge in [0.25, 0.3) is 0 Å². The fourth-order valence-corrected chi connectivity index (χ4v) is 2.01. The van der Waals surface area contributed by atoms with Crippen LogP contribution >= 0.6 is 0 Å². The zero-order valence-electron chi connectivity index (χ0n) is 10.3. The topological polar surface area (TPSA) is 69.6 Å². The summed E-state index contributed by atoms with van der Waals surface area (Å²) in [6, 6.07) is 0. The van der Waals surface area contributed by atoms with Crippen molar-refractivity contribution in [3.8, 4) is 0 Å². The highest BCUT2D eigenvalue weighted by Crippen LogP contribution is 2.05. The van der Waals surface area contributed by atoms with Gasteiger partial charge in [0, 0.05) is 25.9 Å². The molecule has 0 aromatic heterocycles. The van der Waals surface area contributed by atoms with Crippen molar-refractivity contribution >= 4 is 11.9 Å². The second-order valence-electron chi connectivity index (χ2n) is 4.50. The van der Waals surface area contributed by atoms with E-state index in [0.717, 1.165) is 19.6 Å². The summed E-state index contributed by atoms with van der Waals surface area (Å²) in [5.74, 6) is -0.756. The third-order valence-electron chi connectivity index (χ3n) is 2.99. The van der Waals surface area contributed by atoms with Crippen LogP contribution in [-0.4, -0.2) is 48.1 Å². The van der Waals surface area contributed by atoms with Gasteiger partial charge in [-0.3, -0.25) is 9.59 Å². The number of nitrogens with zero attached hydrogens (tertiary/aromatic N) is 1. The average molecular weight is 242 g/mol. The summed E-state index contributed by atoms with van der Waals surface area (Å²) in [6.45, 7) is 3.93. The summed E-state index contributed by atoms with van der Waals surface area (Å²) in [4.78, 5) is 24.0. The van der Waals surface area contributed by atoms with Crippen molar-refractivity contribution in [2.75, 3.05) is 26.2 Å². The Bertz CT molecular complexity index is 250. The predicted octanol–water partition coefficient (Wildman–Crippen LogP) is 0.843. The first kappa shape index (κ1) is 14.0. The van der Waals surface area contributed by atoms with Gasteiger partial charge in [-0.1, -0.05) is 0 Å². The highest BCUT2D eigenvalue weighted by molar-refractivity contribution is 5.75. The van der Waals surface area contributed by atoms with Crippen LogP contribution in [0.4, 0.5) is 0 Å². The van der Waals surface area contributed by atoms with Crippen molar-refractivity contribution in [1.82, 2.24) is 10.2 Å². The monoisotopic (exact) mass is 242 g/mol. The molecular weight excluding hydrogens is 220 g/mol. The molecule has 1 saturated heterocycles. The van der Waals surface area contributed by atoms with Crippen LogP contribution in [0.1, 0.15) is 38.5 Å². The number of carbonyl (C=O) groups is 2. The average Bonchev–Trinajstić information content (AvgIpc) is 2.77. The smallest absolute Gasteiger partial charge is 0.303 e. The summed E-state index contributed by atoms with van der Waals surface area (Å²) in [7, 11) is 0. The number of nitrogens with one attached hydrogen (secondary N) is 1. The van der Waals surface area contributed by atoms with E-state index in [9.17, 15) is 9.59 Å². The molecule has 0 spiro atoms. The van der Waals surface area contributed by atoms with E-state index in [1.807, 2.05) is 0 Å². The maximum Gasteiger partial charge on any atom is 0.303 e. The summed E-state index contributed by atoms with van der Waals surface area (Å²) in [5.41, 5.74) is 0. The molecule has 0 saturated carbocycles. The Morgan fingerprint density at radius 3 is 2.41 bits per heavy atom. The number of aliphatic carboxylic acids is 1. The molecule has 1 amide bonds. The van der Waals surface area contributed by atoms with Gasteiger partial charge in [0.05, 0.1) is 0 Å². The Kier molecular flexibility index (Phi) is 6.62. The maximum atomic E-state index is 11.4. The van der Waals surface area contributed by atoms with Crippen LogP contribution in [0.5, 0.6) is 0 Å². The molecule has 1 aliphatic rings. The normalized spacial score (nSPS) is 16.0. The number of amides is 1. The number of hydrogen-bond acceptors (Lipinski definition) is 3. The molecule has 0 aromatic rings. The van der Waals surface area contributed by atoms with E-state index < -0.39 is 5.97 Å². The lowest BCUT2D eigenvalue weighted by Gasteiger charge is -2.14. The first-order valence-electron chi connectivity index (χ1n) is 6.39. The van der Waals surface area contributed by atoms with Gasteiger partial charge in [0.1, 0.15) is 0 Å². The molecule has 17 heavy (non-hydrogen) atoms. The molecular formula is C12H22N2O3. The minimum absolute atomic E-state index is 0.0367. The van der Waals surface area contributed by atoms with Crippen LogP contribution < -0.4 is 5.32 Å². The second-order valence-corrected chi connectivity index (χ2v) is 4.50.